The molecule has 0 fully saturated rings. The van der Waals surface area contributed by atoms with E-state index in [1.165, 1.54) is 0 Å². The molecule has 0 heterocycles. The summed E-state index contributed by atoms with van der Waals surface area (Å²) >= 11 is 0. The highest BCUT2D eigenvalue weighted by molar-refractivity contribution is 7.46. The molecule has 0 saturated heterocycles. The first-order valence-electron chi connectivity index (χ1n) is 1.43. The molecule has 0 amide bonds. The van der Waals surface area contributed by atoms with Gasteiger partial charge in [0.05, 0.1) is 0 Å². The van der Waals surface area contributed by atoms with Crippen LogP contribution in [0.3, 0.4) is 0 Å². The van der Waals surface area contributed by atoms with Gasteiger partial charge in [-0.05, 0) is 0 Å². The lowest BCUT2D eigenvalue weighted by atomic mass is 12.0. The number of hydrogen-bond donors (Lipinski definition) is 2. The Bertz CT molecular complexity index is 110. The SMILES string of the molecule is C.O=[PH](O)O[PH](=O)OO. The Hall–Kier alpha value is 0.300. The lowest BCUT2D eigenvalue weighted by molar-refractivity contribution is -0.137. The first kappa shape index (κ1) is 12.0. The average molecular weight is 178 g/mol. The summed E-state index contributed by atoms with van der Waals surface area (Å²) in [6.45, 7) is 0. The van der Waals surface area contributed by atoms with Crippen LogP contribution in [-0.4, -0.2) is 10.2 Å². The van der Waals surface area contributed by atoms with Gasteiger partial charge in [-0.25, -0.2) is 9.57 Å². The van der Waals surface area contributed by atoms with Gasteiger partial charge in [-0.2, -0.15) is 4.67 Å². The van der Waals surface area contributed by atoms with Gasteiger partial charge in [-0.1, -0.05) is 7.43 Å². The van der Waals surface area contributed by atoms with Crippen LogP contribution in [0.1, 0.15) is 7.43 Å². The number of hydrogen-bond acceptors (Lipinski definition) is 5. The van der Waals surface area contributed by atoms with Crippen LogP contribution in [0.4, 0.5) is 0 Å². The highest BCUT2D eigenvalue weighted by atomic mass is 31.2. The zero-order chi connectivity index (χ0) is 6.57. The van der Waals surface area contributed by atoms with Gasteiger partial charge in [0.15, 0.2) is 0 Å². The molecule has 0 aromatic heterocycles. The summed E-state index contributed by atoms with van der Waals surface area (Å²) in [5.41, 5.74) is 0. The van der Waals surface area contributed by atoms with Gasteiger partial charge < -0.3 is 4.89 Å². The van der Waals surface area contributed by atoms with E-state index in [4.69, 9.17) is 10.2 Å². The molecule has 9 heavy (non-hydrogen) atoms. The van der Waals surface area contributed by atoms with Gasteiger partial charge in [0.2, 0.25) is 0 Å². The van der Waals surface area contributed by atoms with Crippen molar-refractivity contribution < 1.29 is 28.3 Å². The standard InChI is InChI=1S/CH4.H4O6P2/c;1-5-8(4)6-7(2)3/h1H4;1,7-8H,(H,2,3). The quantitative estimate of drug-likeness (QED) is 0.378. The Morgan fingerprint density at radius 1 is 1.33 bits per heavy atom. The zero-order valence-electron chi connectivity index (χ0n) is 3.53. The molecule has 0 aliphatic rings. The lowest BCUT2D eigenvalue weighted by Crippen LogP contribution is -1.67. The van der Waals surface area contributed by atoms with Crippen LogP contribution in [0.2, 0.25) is 0 Å². The first-order chi connectivity index (χ1) is 3.66. The molecule has 2 atom stereocenters. The van der Waals surface area contributed by atoms with Crippen molar-refractivity contribution in [2.45, 2.75) is 7.43 Å². The first-order valence-corrected chi connectivity index (χ1v) is 3.92. The second kappa shape index (κ2) is 6.42. The summed E-state index contributed by atoms with van der Waals surface area (Å²) in [7, 11) is -6.39. The van der Waals surface area contributed by atoms with E-state index in [1.54, 1.807) is 0 Å². The van der Waals surface area contributed by atoms with Crippen LogP contribution in [0.15, 0.2) is 0 Å². The molecule has 2 unspecified atom stereocenters. The lowest BCUT2D eigenvalue weighted by Gasteiger charge is -1.91. The summed E-state index contributed by atoms with van der Waals surface area (Å²) in [6.07, 6.45) is 0. The molecule has 0 aromatic rings. The zero-order valence-corrected chi connectivity index (χ0v) is 5.53. The fourth-order valence-electron chi connectivity index (χ4n) is 0.0899. The number of rotatable bonds is 3. The third kappa shape index (κ3) is 8.30. The van der Waals surface area contributed by atoms with E-state index in [-0.39, 0.29) is 7.43 Å². The highest BCUT2D eigenvalue weighted by Crippen LogP contribution is 2.34. The molecule has 0 aromatic carbocycles. The molecular formula is CH8O6P2. The highest BCUT2D eigenvalue weighted by Gasteiger charge is 1.99. The minimum Gasteiger partial charge on any atom is -0.326 e. The topological polar surface area (TPSA) is 93.1 Å². The molecule has 0 saturated carbocycles. The van der Waals surface area contributed by atoms with Crippen LogP contribution in [0, 0.1) is 0 Å². The minimum absolute atomic E-state index is 0. The predicted octanol–water partition coefficient (Wildman–Crippen LogP) is 0.900. The normalized spacial score (nSPS) is 15.8. The van der Waals surface area contributed by atoms with Gasteiger partial charge in [0.25, 0.3) is 0 Å². The van der Waals surface area contributed by atoms with E-state index in [9.17, 15) is 9.13 Å². The van der Waals surface area contributed by atoms with Gasteiger partial charge in [0, 0.05) is 0 Å². The third-order valence-electron chi connectivity index (χ3n) is 0.245. The van der Waals surface area contributed by atoms with Crippen molar-refractivity contribution in [1.82, 2.24) is 0 Å². The smallest absolute Gasteiger partial charge is 0.326 e. The van der Waals surface area contributed by atoms with E-state index in [2.05, 4.69) is 8.99 Å². The average Bonchev–Trinajstić information content (AvgIpc) is 1.65. The van der Waals surface area contributed by atoms with Gasteiger partial charge in [-0.15, -0.1) is 0 Å². The summed E-state index contributed by atoms with van der Waals surface area (Å²) in [5.74, 6) is 0. The molecule has 2 N–H and O–H groups in total. The van der Waals surface area contributed by atoms with Crippen LogP contribution in [-0.2, 0) is 18.1 Å². The molecule has 0 aliphatic heterocycles. The maximum atomic E-state index is 9.78. The molecule has 8 heteroatoms. The molecular weight excluding hydrogens is 170 g/mol. The van der Waals surface area contributed by atoms with Crippen molar-refractivity contribution in [3.8, 4) is 0 Å². The molecule has 0 aliphatic carbocycles. The third-order valence-corrected chi connectivity index (χ3v) is 1.76. The summed E-state index contributed by atoms with van der Waals surface area (Å²) < 4.78 is 26.0. The minimum atomic E-state index is -3.25. The summed E-state index contributed by atoms with van der Waals surface area (Å²) in [5, 5.41) is 7.46. The van der Waals surface area contributed by atoms with Crippen molar-refractivity contribution in [3.63, 3.8) is 0 Å². The van der Waals surface area contributed by atoms with Crippen molar-refractivity contribution in [2.24, 2.45) is 0 Å². The molecule has 0 radical (unpaired) electrons. The second-order valence-electron chi connectivity index (χ2n) is 0.709. The van der Waals surface area contributed by atoms with Crippen LogP contribution in [0.5, 0.6) is 0 Å². The fraction of sp³-hybridized carbons (Fsp3) is 1.00. The molecule has 6 nitrogen and oxygen atoms in total. The Balaban J connectivity index is 0. The van der Waals surface area contributed by atoms with Crippen molar-refractivity contribution in [1.29, 1.82) is 0 Å². The van der Waals surface area contributed by atoms with Crippen molar-refractivity contribution in [2.75, 3.05) is 0 Å². The molecule has 58 valence electrons. The Morgan fingerprint density at radius 2 is 1.78 bits per heavy atom. The molecule has 0 rings (SSSR count). The Labute approximate surface area is 53.2 Å². The Kier molecular flexibility index (Phi) is 8.58. The van der Waals surface area contributed by atoms with Crippen LogP contribution < -0.4 is 0 Å². The van der Waals surface area contributed by atoms with Crippen LogP contribution >= 0.6 is 16.5 Å². The Morgan fingerprint density at radius 3 is 1.89 bits per heavy atom. The maximum absolute atomic E-state index is 9.78. The van der Waals surface area contributed by atoms with Gasteiger partial charge in [0.1, 0.15) is 0 Å². The van der Waals surface area contributed by atoms with Gasteiger partial charge >= 0.3 is 16.5 Å². The molecule has 0 bridgehead atoms. The maximum Gasteiger partial charge on any atom is 0.353 e. The predicted molar refractivity (Wildman–Crippen MR) is 31.8 cm³/mol. The van der Waals surface area contributed by atoms with Crippen molar-refractivity contribution >= 4 is 16.5 Å². The second-order valence-corrected chi connectivity index (χ2v) is 2.74. The monoisotopic (exact) mass is 178 g/mol. The van der Waals surface area contributed by atoms with E-state index in [1.807, 2.05) is 0 Å². The largest absolute Gasteiger partial charge is 0.353 e. The fourth-order valence-corrected chi connectivity index (χ4v) is 0.809. The van der Waals surface area contributed by atoms with E-state index in [0.717, 1.165) is 0 Å². The van der Waals surface area contributed by atoms with E-state index >= 15 is 0 Å². The molecule has 0 spiro atoms. The van der Waals surface area contributed by atoms with Crippen molar-refractivity contribution in [3.05, 3.63) is 0 Å². The summed E-state index contributed by atoms with van der Waals surface area (Å²) in [4.78, 5) is 7.81. The van der Waals surface area contributed by atoms with E-state index < -0.39 is 16.5 Å². The van der Waals surface area contributed by atoms with E-state index in [0.29, 0.717) is 0 Å². The van der Waals surface area contributed by atoms with Crippen LogP contribution in [0.25, 0.3) is 0 Å². The summed E-state index contributed by atoms with van der Waals surface area (Å²) in [6, 6.07) is 0. The van der Waals surface area contributed by atoms with Gasteiger partial charge in [-0.3, -0.25) is 9.13 Å².